The number of aliphatic hydroxyl groups is 1. The first-order chi connectivity index (χ1) is 17.7. The zero-order valence-corrected chi connectivity index (χ0v) is 20.5. The topological polar surface area (TPSA) is 266 Å². The molecule has 0 spiro atoms. The number of rotatable bonds is 16. The number of phenols is 1. The normalized spacial score (nSPS) is 14.7. The number of carboxylic acids is 3. The molecule has 210 valence electrons. The fourth-order valence-electron chi connectivity index (χ4n) is 3.17. The molecule has 10 N–H and O–H groups in total. The van der Waals surface area contributed by atoms with Gasteiger partial charge in [0, 0.05) is 19.3 Å². The molecule has 0 aliphatic heterocycles. The van der Waals surface area contributed by atoms with Crippen molar-refractivity contribution in [1.29, 1.82) is 0 Å². The summed E-state index contributed by atoms with van der Waals surface area (Å²) in [7, 11) is 0. The van der Waals surface area contributed by atoms with E-state index in [0.29, 0.717) is 5.56 Å². The second-order valence-electron chi connectivity index (χ2n) is 8.52. The Morgan fingerprint density at radius 3 is 1.58 bits per heavy atom. The van der Waals surface area contributed by atoms with Gasteiger partial charge in [-0.05, 0) is 37.5 Å². The molecule has 0 aliphatic rings. The van der Waals surface area contributed by atoms with Crippen LogP contribution in [0.1, 0.15) is 38.2 Å². The van der Waals surface area contributed by atoms with Crippen LogP contribution in [0.15, 0.2) is 24.3 Å². The number of hydrogen-bond acceptors (Lipinski definition) is 9. The van der Waals surface area contributed by atoms with E-state index in [4.69, 9.17) is 15.9 Å². The van der Waals surface area contributed by atoms with Crippen molar-refractivity contribution in [2.45, 2.75) is 69.3 Å². The molecule has 3 amide bonds. The van der Waals surface area contributed by atoms with Gasteiger partial charge in [0.1, 0.15) is 29.9 Å². The first kappa shape index (κ1) is 31.8. The number of benzene rings is 1. The van der Waals surface area contributed by atoms with Crippen LogP contribution in [0.25, 0.3) is 0 Å². The molecule has 0 fully saturated rings. The molecule has 38 heavy (non-hydrogen) atoms. The van der Waals surface area contributed by atoms with Gasteiger partial charge in [-0.2, -0.15) is 0 Å². The van der Waals surface area contributed by atoms with E-state index in [-0.39, 0.29) is 12.2 Å². The van der Waals surface area contributed by atoms with Crippen molar-refractivity contribution >= 4 is 35.6 Å². The Morgan fingerprint density at radius 1 is 0.763 bits per heavy atom. The quantitative estimate of drug-likeness (QED) is 0.109. The summed E-state index contributed by atoms with van der Waals surface area (Å²) >= 11 is 0. The number of aliphatic carboxylic acids is 3. The number of nitrogens with one attached hydrogen (secondary N) is 3. The molecule has 0 saturated heterocycles. The summed E-state index contributed by atoms with van der Waals surface area (Å²) in [6.45, 7) is 1.22. The average Bonchev–Trinajstić information content (AvgIpc) is 2.83. The lowest BCUT2D eigenvalue weighted by Crippen LogP contribution is -2.58. The van der Waals surface area contributed by atoms with Crippen molar-refractivity contribution in [3.8, 4) is 5.75 Å². The number of carbonyl (C=O) groups excluding carboxylic acids is 3. The monoisotopic (exact) mass is 540 g/mol. The highest BCUT2D eigenvalue weighted by Crippen LogP contribution is 2.12. The summed E-state index contributed by atoms with van der Waals surface area (Å²) in [5.74, 6) is -7.14. The maximum absolute atomic E-state index is 12.9. The Labute approximate surface area is 217 Å². The van der Waals surface area contributed by atoms with E-state index in [2.05, 4.69) is 16.0 Å². The van der Waals surface area contributed by atoms with Crippen LogP contribution in [0.2, 0.25) is 0 Å². The fourth-order valence-corrected chi connectivity index (χ4v) is 3.17. The van der Waals surface area contributed by atoms with Crippen LogP contribution in [0.3, 0.4) is 0 Å². The lowest BCUT2D eigenvalue weighted by molar-refractivity contribution is -0.143. The highest BCUT2D eigenvalue weighted by Gasteiger charge is 2.31. The number of carboxylic acid groups (broad SMARTS) is 3. The third-order valence-corrected chi connectivity index (χ3v) is 5.37. The van der Waals surface area contributed by atoms with Gasteiger partial charge in [-0.1, -0.05) is 12.1 Å². The van der Waals surface area contributed by atoms with Gasteiger partial charge in [-0.3, -0.25) is 24.0 Å². The minimum atomic E-state index is -1.56. The van der Waals surface area contributed by atoms with Crippen molar-refractivity contribution in [3.63, 3.8) is 0 Å². The predicted octanol–water partition coefficient (Wildman–Crippen LogP) is -2.09. The van der Waals surface area contributed by atoms with E-state index in [1.54, 1.807) is 0 Å². The Morgan fingerprint density at radius 2 is 1.18 bits per heavy atom. The molecule has 15 nitrogen and oxygen atoms in total. The fraction of sp³-hybridized carbons (Fsp3) is 0.478. The molecule has 0 radical (unpaired) electrons. The smallest absolute Gasteiger partial charge is 0.326 e. The van der Waals surface area contributed by atoms with Crippen LogP contribution in [-0.2, 0) is 35.2 Å². The predicted molar refractivity (Wildman–Crippen MR) is 129 cm³/mol. The molecule has 1 aromatic rings. The highest BCUT2D eigenvalue weighted by molar-refractivity contribution is 5.94. The number of hydrogen-bond donors (Lipinski definition) is 9. The number of nitrogens with two attached hydrogens (primary N) is 1. The van der Waals surface area contributed by atoms with E-state index < -0.39 is 91.6 Å². The second-order valence-corrected chi connectivity index (χ2v) is 8.52. The first-order valence-electron chi connectivity index (χ1n) is 11.5. The third-order valence-electron chi connectivity index (χ3n) is 5.37. The SMILES string of the molecule is CC(O)C(N)C(=O)NC(CCC(=O)O)C(=O)NC(CCC(=O)O)C(=O)NC(Cc1ccc(O)cc1)C(=O)O. The molecule has 15 heteroatoms. The number of aliphatic hydroxyl groups excluding tert-OH is 1. The van der Waals surface area contributed by atoms with Crippen molar-refractivity contribution < 1.29 is 54.3 Å². The van der Waals surface area contributed by atoms with Crippen molar-refractivity contribution in [2.75, 3.05) is 0 Å². The number of carbonyl (C=O) groups is 6. The molecule has 0 heterocycles. The van der Waals surface area contributed by atoms with Gasteiger partial charge in [0.05, 0.1) is 6.10 Å². The van der Waals surface area contributed by atoms with Crippen LogP contribution < -0.4 is 21.7 Å². The minimum Gasteiger partial charge on any atom is -0.508 e. The van der Waals surface area contributed by atoms with Gasteiger partial charge in [0.25, 0.3) is 0 Å². The van der Waals surface area contributed by atoms with Gasteiger partial charge >= 0.3 is 17.9 Å². The first-order valence-corrected chi connectivity index (χ1v) is 11.5. The van der Waals surface area contributed by atoms with E-state index in [9.17, 15) is 44.1 Å². The maximum Gasteiger partial charge on any atom is 0.326 e. The van der Waals surface area contributed by atoms with Gasteiger partial charge < -0.3 is 47.2 Å². The summed E-state index contributed by atoms with van der Waals surface area (Å²) < 4.78 is 0. The van der Waals surface area contributed by atoms with Crippen LogP contribution in [0.5, 0.6) is 5.75 Å². The van der Waals surface area contributed by atoms with Gasteiger partial charge in [-0.25, -0.2) is 4.79 Å². The third kappa shape index (κ3) is 11.2. The lowest BCUT2D eigenvalue weighted by Gasteiger charge is -2.25. The average molecular weight is 541 g/mol. The second kappa shape index (κ2) is 15.1. The van der Waals surface area contributed by atoms with Crippen molar-refractivity contribution in [3.05, 3.63) is 29.8 Å². The van der Waals surface area contributed by atoms with Gasteiger partial charge in [-0.15, -0.1) is 0 Å². The van der Waals surface area contributed by atoms with E-state index in [1.165, 1.54) is 31.2 Å². The Hall–Kier alpha value is -4.24. The molecule has 1 rings (SSSR count). The molecule has 5 atom stereocenters. The Kier molecular flexibility index (Phi) is 12.6. The van der Waals surface area contributed by atoms with Crippen molar-refractivity contribution in [2.24, 2.45) is 5.73 Å². The zero-order chi connectivity index (χ0) is 29.0. The molecule has 1 aromatic carbocycles. The van der Waals surface area contributed by atoms with Gasteiger partial charge in [0.2, 0.25) is 17.7 Å². The lowest BCUT2D eigenvalue weighted by atomic mass is 10.0. The molecule has 5 unspecified atom stereocenters. The van der Waals surface area contributed by atoms with Crippen LogP contribution in [0, 0.1) is 0 Å². The van der Waals surface area contributed by atoms with E-state index >= 15 is 0 Å². The maximum atomic E-state index is 12.9. The highest BCUT2D eigenvalue weighted by atomic mass is 16.4. The largest absolute Gasteiger partial charge is 0.508 e. The standard InChI is InChI=1S/C23H32N4O11/c1-11(28)19(24)22(36)26-15(7-9-18(32)33)20(34)25-14(6-8-17(30)31)21(35)27-16(23(37)38)10-12-2-4-13(29)5-3-12/h2-5,11,14-16,19,28-29H,6-10,24H2,1H3,(H,25,34)(H,26,36)(H,27,35)(H,30,31)(H,32,33)(H,37,38). The molecule has 0 aromatic heterocycles. The summed E-state index contributed by atoms with van der Waals surface area (Å²) in [5, 5.41) is 53.1. The molecule has 0 bridgehead atoms. The van der Waals surface area contributed by atoms with Gasteiger partial charge in [0.15, 0.2) is 0 Å². The zero-order valence-electron chi connectivity index (χ0n) is 20.5. The van der Waals surface area contributed by atoms with Crippen LogP contribution >= 0.6 is 0 Å². The molecular weight excluding hydrogens is 508 g/mol. The Balaban J connectivity index is 3.08. The van der Waals surface area contributed by atoms with Crippen LogP contribution in [0.4, 0.5) is 0 Å². The summed E-state index contributed by atoms with van der Waals surface area (Å²) in [6.07, 6.45) is -3.53. The summed E-state index contributed by atoms with van der Waals surface area (Å²) in [5.41, 5.74) is 5.99. The van der Waals surface area contributed by atoms with E-state index in [0.717, 1.165) is 0 Å². The van der Waals surface area contributed by atoms with Crippen molar-refractivity contribution in [1.82, 2.24) is 16.0 Å². The van der Waals surface area contributed by atoms with Crippen LogP contribution in [-0.4, -0.2) is 91.4 Å². The molecular formula is C23H32N4O11. The summed E-state index contributed by atoms with van der Waals surface area (Å²) in [6, 6.07) is -0.489. The minimum absolute atomic E-state index is 0.0555. The molecule has 0 saturated carbocycles. The molecule has 0 aliphatic carbocycles. The number of phenolic OH excluding ortho intramolecular Hbond substituents is 1. The Bertz CT molecular complexity index is 1010. The van der Waals surface area contributed by atoms with E-state index in [1.807, 2.05) is 0 Å². The summed E-state index contributed by atoms with van der Waals surface area (Å²) in [4.78, 5) is 71.9. The number of aromatic hydroxyl groups is 1. The number of amides is 3.